The van der Waals surface area contributed by atoms with Gasteiger partial charge in [-0.15, -0.1) is 0 Å². The second-order valence-corrected chi connectivity index (χ2v) is 6.39. The highest BCUT2D eigenvalue weighted by Crippen LogP contribution is 2.17. The Balaban J connectivity index is 1.45. The molecule has 7 heteroatoms. The van der Waals surface area contributed by atoms with Crippen LogP contribution in [0.25, 0.3) is 0 Å². The maximum absolute atomic E-state index is 12.2. The van der Waals surface area contributed by atoms with Gasteiger partial charge in [-0.2, -0.15) is 0 Å². The zero-order chi connectivity index (χ0) is 18.4. The van der Waals surface area contributed by atoms with E-state index >= 15 is 0 Å². The Kier molecular flexibility index (Phi) is 5.93. The smallest absolute Gasteiger partial charge is 0.271 e. The third-order valence-corrected chi connectivity index (χ3v) is 4.42. The van der Waals surface area contributed by atoms with Gasteiger partial charge in [0.25, 0.3) is 5.69 Å². The Morgan fingerprint density at radius 3 is 2.38 bits per heavy atom. The molecular weight excluding hydrogens is 332 g/mol. The molecule has 7 nitrogen and oxygen atoms in total. The molecule has 1 N–H and O–H groups in total. The van der Waals surface area contributed by atoms with Gasteiger partial charge in [0, 0.05) is 50.5 Å². The van der Waals surface area contributed by atoms with Crippen molar-refractivity contribution >= 4 is 17.3 Å². The third-order valence-electron chi connectivity index (χ3n) is 4.42. The average Bonchev–Trinajstić information content (AvgIpc) is 2.64. The summed E-state index contributed by atoms with van der Waals surface area (Å²) in [5, 5.41) is 13.5. The quantitative estimate of drug-likeness (QED) is 0.636. The molecule has 2 aromatic rings. The van der Waals surface area contributed by atoms with Gasteiger partial charge in [-0.3, -0.25) is 24.7 Å². The molecule has 0 saturated carbocycles. The Hall–Kier alpha value is -2.77. The van der Waals surface area contributed by atoms with Crippen molar-refractivity contribution < 1.29 is 9.72 Å². The van der Waals surface area contributed by atoms with Crippen LogP contribution in [0.5, 0.6) is 0 Å². The lowest BCUT2D eigenvalue weighted by Crippen LogP contribution is -2.48. The molecule has 0 aromatic heterocycles. The first-order valence-electron chi connectivity index (χ1n) is 8.63. The molecule has 1 fully saturated rings. The molecule has 2 aromatic carbocycles. The van der Waals surface area contributed by atoms with Crippen LogP contribution in [0.1, 0.15) is 5.56 Å². The summed E-state index contributed by atoms with van der Waals surface area (Å²) in [7, 11) is 0. The lowest BCUT2D eigenvalue weighted by Gasteiger charge is -2.34. The molecule has 136 valence electrons. The maximum atomic E-state index is 12.2. The number of benzene rings is 2. The van der Waals surface area contributed by atoms with Crippen LogP contribution < -0.4 is 5.32 Å². The van der Waals surface area contributed by atoms with Gasteiger partial charge in [0.05, 0.1) is 11.5 Å². The Morgan fingerprint density at radius 2 is 1.69 bits per heavy atom. The first kappa shape index (κ1) is 18.0. The van der Waals surface area contributed by atoms with Gasteiger partial charge in [0.1, 0.15) is 0 Å². The molecule has 1 aliphatic heterocycles. The van der Waals surface area contributed by atoms with E-state index in [-0.39, 0.29) is 11.6 Å². The van der Waals surface area contributed by atoms with Crippen LogP contribution in [0.3, 0.4) is 0 Å². The minimum absolute atomic E-state index is 0.0303. The summed E-state index contributed by atoms with van der Waals surface area (Å²) < 4.78 is 0. The molecule has 1 aliphatic rings. The molecule has 0 spiro atoms. The van der Waals surface area contributed by atoms with Crippen molar-refractivity contribution in [3.05, 3.63) is 70.3 Å². The van der Waals surface area contributed by atoms with Crippen LogP contribution in [0.15, 0.2) is 54.6 Å². The zero-order valence-electron chi connectivity index (χ0n) is 14.5. The van der Waals surface area contributed by atoms with Crippen molar-refractivity contribution in [3.8, 4) is 0 Å². The predicted molar refractivity (Wildman–Crippen MR) is 99.9 cm³/mol. The number of nitro benzene ring substituents is 1. The van der Waals surface area contributed by atoms with Crippen LogP contribution in [-0.2, 0) is 11.3 Å². The molecule has 3 rings (SSSR count). The van der Waals surface area contributed by atoms with Gasteiger partial charge in [0.15, 0.2) is 0 Å². The number of hydrogen-bond donors (Lipinski definition) is 1. The fourth-order valence-corrected chi connectivity index (χ4v) is 3.05. The fraction of sp³-hybridized carbons (Fsp3) is 0.316. The summed E-state index contributed by atoms with van der Waals surface area (Å²) in [4.78, 5) is 27.0. The minimum atomic E-state index is -0.471. The van der Waals surface area contributed by atoms with E-state index in [9.17, 15) is 14.9 Å². The lowest BCUT2D eigenvalue weighted by molar-refractivity contribution is -0.384. The van der Waals surface area contributed by atoms with E-state index in [0.29, 0.717) is 12.2 Å². The summed E-state index contributed by atoms with van der Waals surface area (Å²) in [5.74, 6) is -0.151. The number of rotatable bonds is 6. The van der Waals surface area contributed by atoms with E-state index in [4.69, 9.17) is 0 Å². The number of piperazine rings is 1. The molecule has 0 radical (unpaired) electrons. The third kappa shape index (κ3) is 5.11. The summed E-state index contributed by atoms with van der Waals surface area (Å²) in [6, 6.07) is 16.4. The fourth-order valence-electron chi connectivity index (χ4n) is 3.05. The van der Waals surface area contributed by atoms with Gasteiger partial charge < -0.3 is 5.32 Å². The van der Waals surface area contributed by atoms with E-state index in [1.807, 2.05) is 18.2 Å². The topological polar surface area (TPSA) is 78.7 Å². The molecule has 0 bridgehead atoms. The Labute approximate surface area is 152 Å². The maximum Gasteiger partial charge on any atom is 0.271 e. The predicted octanol–water partition coefficient (Wildman–Crippen LogP) is 2.35. The van der Waals surface area contributed by atoms with Gasteiger partial charge in [-0.1, -0.05) is 36.4 Å². The van der Waals surface area contributed by atoms with Crippen molar-refractivity contribution in [3.63, 3.8) is 0 Å². The second kappa shape index (κ2) is 8.55. The average molecular weight is 354 g/mol. The summed E-state index contributed by atoms with van der Waals surface area (Å²) in [5.41, 5.74) is 1.72. The first-order chi connectivity index (χ1) is 12.6. The van der Waals surface area contributed by atoms with E-state index in [1.165, 1.54) is 17.7 Å². The summed E-state index contributed by atoms with van der Waals surface area (Å²) in [6.07, 6.45) is 0. The number of hydrogen-bond acceptors (Lipinski definition) is 5. The van der Waals surface area contributed by atoms with Crippen molar-refractivity contribution in [1.29, 1.82) is 0 Å². The molecule has 0 aliphatic carbocycles. The van der Waals surface area contributed by atoms with Crippen LogP contribution in [0.2, 0.25) is 0 Å². The Morgan fingerprint density at radius 1 is 1.00 bits per heavy atom. The van der Waals surface area contributed by atoms with E-state index in [2.05, 4.69) is 27.2 Å². The number of nitrogens with zero attached hydrogens (tertiary/aromatic N) is 3. The molecule has 0 unspecified atom stereocenters. The summed E-state index contributed by atoms with van der Waals surface area (Å²) >= 11 is 0. The number of amides is 1. The van der Waals surface area contributed by atoms with Crippen molar-refractivity contribution in [2.24, 2.45) is 0 Å². The van der Waals surface area contributed by atoms with Gasteiger partial charge in [-0.05, 0) is 11.6 Å². The van der Waals surface area contributed by atoms with Gasteiger partial charge in [-0.25, -0.2) is 0 Å². The van der Waals surface area contributed by atoms with Crippen LogP contribution in [-0.4, -0.2) is 53.4 Å². The molecule has 0 atom stereocenters. The lowest BCUT2D eigenvalue weighted by atomic mass is 10.2. The highest BCUT2D eigenvalue weighted by Gasteiger charge is 2.19. The largest absolute Gasteiger partial charge is 0.325 e. The molecule has 1 heterocycles. The van der Waals surface area contributed by atoms with E-state index < -0.39 is 4.92 Å². The number of nitrogens with one attached hydrogen (secondary N) is 1. The van der Waals surface area contributed by atoms with Crippen LogP contribution in [0.4, 0.5) is 11.4 Å². The number of carbonyl (C=O) groups excluding carboxylic acids is 1. The first-order valence-corrected chi connectivity index (χ1v) is 8.63. The normalized spacial score (nSPS) is 15.5. The SMILES string of the molecule is O=C(CN1CCN(Cc2ccccc2)CC1)Nc1cccc([N+](=O)[O-])c1. The zero-order valence-corrected chi connectivity index (χ0v) is 14.5. The van der Waals surface area contributed by atoms with Gasteiger partial charge >= 0.3 is 0 Å². The van der Waals surface area contributed by atoms with Crippen molar-refractivity contribution in [2.45, 2.75) is 6.54 Å². The number of anilines is 1. The second-order valence-electron chi connectivity index (χ2n) is 6.39. The molecule has 1 amide bonds. The monoisotopic (exact) mass is 354 g/mol. The Bertz CT molecular complexity index is 758. The van der Waals surface area contributed by atoms with E-state index in [0.717, 1.165) is 32.7 Å². The van der Waals surface area contributed by atoms with Crippen molar-refractivity contribution in [2.75, 3.05) is 38.0 Å². The summed E-state index contributed by atoms with van der Waals surface area (Å²) in [6.45, 7) is 4.71. The molecule has 1 saturated heterocycles. The van der Waals surface area contributed by atoms with Crippen LogP contribution >= 0.6 is 0 Å². The number of nitro groups is 1. The molecule has 26 heavy (non-hydrogen) atoms. The number of carbonyl (C=O) groups is 1. The van der Waals surface area contributed by atoms with Crippen LogP contribution in [0, 0.1) is 10.1 Å². The standard InChI is InChI=1S/C19H22N4O3/c24-19(20-17-7-4-8-18(13-17)23(25)26)15-22-11-9-21(10-12-22)14-16-5-2-1-3-6-16/h1-8,13H,9-12,14-15H2,(H,20,24). The highest BCUT2D eigenvalue weighted by atomic mass is 16.6. The minimum Gasteiger partial charge on any atom is -0.325 e. The van der Waals surface area contributed by atoms with E-state index in [1.54, 1.807) is 12.1 Å². The number of non-ortho nitro benzene ring substituents is 1. The molecular formula is C19H22N4O3. The van der Waals surface area contributed by atoms with Crippen molar-refractivity contribution in [1.82, 2.24) is 9.80 Å². The van der Waals surface area contributed by atoms with Gasteiger partial charge in [0.2, 0.25) is 5.91 Å². The highest BCUT2D eigenvalue weighted by molar-refractivity contribution is 5.92.